The van der Waals surface area contributed by atoms with Gasteiger partial charge in [0.2, 0.25) is 17.7 Å². The Hall–Kier alpha value is -5.26. The zero-order valence-corrected chi connectivity index (χ0v) is 32.8. The summed E-state index contributed by atoms with van der Waals surface area (Å²) in [6.07, 6.45) is -1.99. The number of halogens is 4. The second kappa shape index (κ2) is 18.3. The summed E-state index contributed by atoms with van der Waals surface area (Å²) in [4.78, 5) is 39.6. The molecule has 0 bridgehead atoms. The van der Waals surface area contributed by atoms with Crippen LogP contribution in [0.3, 0.4) is 0 Å². The van der Waals surface area contributed by atoms with Crippen LogP contribution in [0.1, 0.15) is 35.2 Å². The van der Waals surface area contributed by atoms with Gasteiger partial charge in [-0.2, -0.15) is 13.2 Å². The van der Waals surface area contributed by atoms with Gasteiger partial charge in [0.05, 0.1) is 24.9 Å². The number of fused-ring (bicyclic) bond motifs is 1. The fourth-order valence-electron chi connectivity index (χ4n) is 7.46. The lowest BCUT2D eigenvalue weighted by atomic mass is 9.92. The van der Waals surface area contributed by atoms with Crippen molar-refractivity contribution in [3.05, 3.63) is 113 Å². The number of hydrogen-bond acceptors (Lipinski definition) is 11. The van der Waals surface area contributed by atoms with Gasteiger partial charge in [0.15, 0.2) is 5.76 Å². The number of piperazine rings is 1. The zero-order chi connectivity index (χ0) is 41.7. The highest BCUT2D eigenvalue weighted by Gasteiger charge is 2.38. The Morgan fingerprint density at radius 3 is 2.59 bits per heavy atom. The number of nitrogens with one attached hydrogen (secondary N) is 2. The number of furan rings is 1. The summed E-state index contributed by atoms with van der Waals surface area (Å²) in [5.74, 6) is 0.190. The normalized spacial score (nSPS) is 19.7. The molecule has 0 saturated carbocycles. The number of aliphatic hydroxyl groups excluding tert-OH is 2. The van der Waals surface area contributed by atoms with E-state index in [2.05, 4.69) is 15.3 Å². The van der Waals surface area contributed by atoms with E-state index in [4.69, 9.17) is 25.2 Å². The molecule has 312 valence electrons. The van der Waals surface area contributed by atoms with Gasteiger partial charge in [-0.05, 0) is 67.4 Å². The van der Waals surface area contributed by atoms with Crippen molar-refractivity contribution in [1.29, 1.82) is 0 Å². The number of nitrogens with zero attached hydrogens (tertiary/aromatic N) is 4. The number of pyridine rings is 1. The highest BCUT2D eigenvalue weighted by molar-refractivity contribution is 6.30. The number of aryl methyl sites for hydroxylation is 1. The molecule has 2 aromatic carbocycles. The summed E-state index contributed by atoms with van der Waals surface area (Å²) in [5, 5.41) is 28.1. The van der Waals surface area contributed by atoms with Gasteiger partial charge in [-0.15, -0.1) is 0 Å². The zero-order valence-electron chi connectivity index (χ0n) is 32.1. The average molecular weight is 837 g/mol. The predicted molar refractivity (Wildman–Crippen MR) is 210 cm³/mol. The van der Waals surface area contributed by atoms with Gasteiger partial charge >= 0.3 is 6.18 Å². The summed E-state index contributed by atoms with van der Waals surface area (Å²) in [5.41, 5.74) is 3.08. The smallest absolute Gasteiger partial charge is 0.405 e. The van der Waals surface area contributed by atoms with Gasteiger partial charge in [0, 0.05) is 72.6 Å². The second-order valence-corrected chi connectivity index (χ2v) is 15.3. The van der Waals surface area contributed by atoms with Gasteiger partial charge < -0.3 is 34.4 Å². The lowest BCUT2D eigenvalue weighted by Crippen LogP contribution is -2.60. The van der Waals surface area contributed by atoms with E-state index in [-0.39, 0.29) is 45.6 Å². The number of aromatic nitrogens is 2. The third-order valence-corrected chi connectivity index (χ3v) is 10.8. The van der Waals surface area contributed by atoms with E-state index in [1.165, 1.54) is 0 Å². The van der Waals surface area contributed by atoms with Crippen LogP contribution in [0.4, 0.5) is 13.2 Å². The number of hydrogen-bond donors (Lipinski definition) is 4. The lowest BCUT2D eigenvalue weighted by molar-refractivity contribution is -0.143. The predicted octanol–water partition coefficient (Wildman–Crippen LogP) is 5.34. The molecule has 2 amide bonds. The highest BCUT2D eigenvalue weighted by atomic mass is 35.5. The maximum absolute atomic E-state index is 14.2. The van der Waals surface area contributed by atoms with Crippen LogP contribution in [0.2, 0.25) is 5.02 Å². The van der Waals surface area contributed by atoms with Crippen LogP contribution in [0.25, 0.3) is 22.6 Å². The molecule has 5 aromatic rings. The molecule has 0 aliphatic carbocycles. The molecule has 2 aliphatic heterocycles. The lowest BCUT2D eigenvalue weighted by Gasteiger charge is -2.41. The van der Waals surface area contributed by atoms with Crippen molar-refractivity contribution in [3.8, 4) is 28.4 Å². The van der Waals surface area contributed by atoms with Crippen molar-refractivity contribution in [2.24, 2.45) is 5.92 Å². The first-order valence-electron chi connectivity index (χ1n) is 19.2. The molecule has 2 aliphatic rings. The van der Waals surface area contributed by atoms with Crippen molar-refractivity contribution in [2.75, 3.05) is 39.3 Å². The number of para-hydroxylation sites is 1. The van der Waals surface area contributed by atoms with Crippen molar-refractivity contribution < 1.29 is 46.5 Å². The summed E-state index contributed by atoms with van der Waals surface area (Å²) >= 11 is 6.01. The van der Waals surface area contributed by atoms with E-state index in [9.17, 15) is 33.0 Å². The van der Waals surface area contributed by atoms with E-state index in [0.717, 1.165) is 16.7 Å². The quantitative estimate of drug-likeness (QED) is 0.114. The largest absolute Gasteiger partial charge is 0.490 e. The molecule has 13 nitrogen and oxygen atoms in total. The number of alkyl halides is 3. The number of oxazole rings is 1. The van der Waals surface area contributed by atoms with Gasteiger partial charge in [0.25, 0.3) is 0 Å². The molecule has 0 spiro atoms. The topological polar surface area (TPSA) is 166 Å². The van der Waals surface area contributed by atoms with Crippen molar-refractivity contribution >= 4 is 23.4 Å². The molecule has 7 rings (SSSR count). The molecular weight excluding hydrogens is 793 g/mol. The maximum atomic E-state index is 14.2. The molecule has 17 heteroatoms. The molecule has 5 atom stereocenters. The number of carbonyl (C=O) groups is 2. The minimum atomic E-state index is -4.63. The first-order chi connectivity index (χ1) is 28.3. The monoisotopic (exact) mass is 836 g/mol. The summed E-state index contributed by atoms with van der Waals surface area (Å²) in [6, 6.07) is 17.6. The Bertz CT molecular complexity index is 2220. The third kappa shape index (κ3) is 10.7. The Balaban J connectivity index is 1.07. The van der Waals surface area contributed by atoms with Crippen LogP contribution in [0.15, 0.2) is 94.2 Å². The van der Waals surface area contributed by atoms with Crippen LogP contribution in [0, 0.1) is 12.8 Å². The molecule has 0 radical (unpaired) electrons. The molecule has 5 heterocycles. The molecule has 1 saturated heterocycles. The Morgan fingerprint density at radius 2 is 1.81 bits per heavy atom. The summed E-state index contributed by atoms with van der Waals surface area (Å²) < 4.78 is 57.5. The number of aliphatic hydroxyl groups is 2. The standard InChI is InChI=1S/C42H44ClF3N6O7/c1-25-12-13-47-18-32(25)36-11-10-30(58-36)17-27(40(55)50-39-31-4-2-3-5-35(31)57-23-34(39)54)16-29(53)20-52-15-14-51(21-33(52)41(56)49-24-42(44,45)46)22-38-48-19-37(59-38)26-6-8-28(43)9-7-26/h2-13,18-19,27,29,33-34,39,53-54H,14-17,20-24H2,1H3,(H,49,56)(H,50,55)/t27-,29+,33+,34-,39+/m1/s1. The number of amides is 2. The number of benzene rings is 2. The van der Waals surface area contributed by atoms with Crippen molar-refractivity contribution in [2.45, 2.75) is 56.8 Å². The fourth-order valence-corrected chi connectivity index (χ4v) is 7.59. The number of carbonyl (C=O) groups excluding carboxylic acids is 2. The van der Waals surface area contributed by atoms with Gasteiger partial charge in [-0.3, -0.25) is 24.4 Å². The van der Waals surface area contributed by atoms with Crippen LogP contribution < -0.4 is 15.4 Å². The fraction of sp³-hybridized carbons (Fsp3) is 0.381. The van der Waals surface area contributed by atoms with Crippen LogP contribution in [0.5, 0.6) is 5.75 Å². The van der Waals surface area contributed by atoms with E-state index >= 15 is 0 Å². The summed E-state index contributed by atoms with van der Waals surface area (Å²) in [6.45, 7) is 1.03. The number of ether oxygens (including phenoxy) is 1. The molecular formula is C42H44ClF3N6O7. The Kier molecular flexibility index (Phi) is 13.0. The van der Waals surface area contributed by atoms with E-state index in [1.54, 1.807) is 84.2 Å². The second-order valence-electron chi connectivity index (χ2n) is 14.9. The minimum absolute atomic E-state index is 0.0168. The minimum Gasteiger partial charge on any atom is -0.490 e. The average Bonchev–Trinajstić information content (AvgIpc) is 3.88. The number of β-amino-alcohol motifs (C(OH)–C–C–N with tert-alkyl or cyclic N) is 1. The van der Waals surface area contributed by atoms with E-state index < -0.39 is 54.7 Å². The van der Waals surface area contributed by atoms with E-state index in [1.807, 2.05) is 23.2 Å². The SMILES string of the molecule is Cc1ccncc1-c1ccc(C[C@@H](C[C@H](O)CN2CCN(Cc3ncc(-c4ccc(Cl)cc4)o3)C[C@H]2C(=O)NCC(F)(F)F)C(=O)N[C@H]2c3ccccc3OC[C@H]2O)o1. The van der Waals surface area contributed by atoms with Gasteiger partial charge in [-0.25, -0.2) is 4.98 Å². The molecule has 59 heavy (non-hydrogen) atoms. The molecule has 3 aromatic heterocycles. The van der Waals surface area contributed by atoms with Crippen LogP contribution in [-0.4, -0.2) is 106 Å². The van der Waals surface area contributed by atoms with Gasteiger partial charge in [-0.1, -0.05) is 29.8 Å². The highest BCUT2D eigenvalue weighted by Crippen LogP contribution is 2.33. The van der Waals surface area contributed by atoms with Crippen LogP contribution in [-0.2, 0) is 22.6 Å². The van der Waals surface area contributed by atoms with Crippen LogP contribution >= 0.6 is 11.6 Å². The Labute approximate surface area is 343 Å². The van der Waals surface area contributed by atoms with Crippen molar-refractivity contribution in [1.82, 2.24) is 30.4 Å². The first-order valence-corrected chi connectivity index (χ1v) is 19.6. The Morgan fingerprint density at radius 1 is 1.02 bits per heavy atom. The maximum Gasteiger partial charge on any atom is 0.405 e. The first kappa shape index (κ1) is 41.9. The van der Waals surface area contributed by atoms with Gasteiger partial charge in [0.1, 0.15) is 42.6 Å². The molecule has 4 N–H and O–H groups in total. The molecule has 0 unspecified atom stereocenters. The van der Waals surface area contributed by atoms with E-state index in [0.29, 0.717) is 46.1 Å². The number of rotatable bonds is 14. The molecule has 1 fully saturated rings. The third-order valence-electron chi connectivity index (χ3n) is 10.5. The summed E-state index contributed by atoms with van der Waals surface area (Å²) in [7, 11) is 0. The van der Waals surface area contributed by atoms with Crippen molar-refractivity contribution in [3.63, 3.8) is 0 Å².